The Balaban J connectivity index is 2.81. The first-order chi connectivity index (χ1) is 7.56. The van der Waals surface area contributed by atoms with Gasteiger partial charge in [0.15, 0.2) is 0 Å². The molecule has 0 fully saturated rings. The van der Waals surface area contributed by atoms with Gasteiger partial charge in [0.2, 0.25) is 5.91 Å². The third kappa shape index (κ3) is 2.96. The fourth-order valence-corrected chi connectivity index (χ4v) is 1.52. The first kappa shape index (κ1) is 12.5. The monoisotopic (exact) mass is 217 g/mol. The molecule has 2 nitrogen and oxygen atoms in total. The molecular formula is C14H19NO. The molecule has 0 aliphatic rings. The van der Waals surface area contributed by atoms with Crippen molar-refractivity contribution in [3.05, 3.63) is 47.5 Å². The van der Waals surface area contributed by atoms with Gasteiger partial charge >= 0.3 is 0 Å². The van der Waals surface area contributed by atoms with Crippen LogP contribution in [-0.4, -0.2) is 17.9 Å². The topological polar surface area (TPSA) is 20.3 Å². The number of rotatable bonds is 3. The van der Waals surface area contributed by atoms with Gasteiger partial charge in [0.25, 0.3) is 0 Å². The van der Waals surface area contributed by atoms with Gasteiger partial charge in [-0.2, -0.15) is 0 Å². The van der Waals surface area contributed by atoms with Crippen LogP contribution in [0.5, 0.6) is 0 Å². The summed E-state index contributed by atoms with van der Waals surface area (Å²) >= 11 is 0. The molecule has 0 N–H and O–H groups in total. The maximum atomic E-state index is 11.7. The Kier molecular flexibility index (Phi) is 4.29. The number of hydrogen-bond acceptors (Lipinski definition) is 1. The summed E-state index contributed by atoms with van der Waals surface area (Å²) in [5.74, 6) is 0.0376. The van der Waals surface area contributed by atoms with Crippen molar-refractivity contribution in [3.63, 3.8) is 0 Å². The number of allylic oxidation sites excluding steroid dienone is 1. The second-order valence-electron chi connectivity index (χ2n) is 4.04. The molecule has 0 saturated carbocycles. The number of nitrogens with zero attached hydrogens (tertiary/aromatic N) is 1. The van der Waals surface area contributed by atoms with Crippen LogP contribution < -0.4 is 0 Å². The SMILES string of the molecule is CC=CC(=O)N(C)C(C)c1ccc(C)cc1. The Morgan fingerprint density at radius 1 is 1.31 bits per heavy atom. The molecule has 0 aliphatic heterocycles. The van der Waals surface area contributed by atoms with Crippen LogP contribution in [0.4, 0.5) is 0 Å². The Bertz CT molecular complexity index is 378. The van der Waals surface area contributed by atoms with Crippen LogP contribution >= 0.6 is 0 Å². The van der Waals surface area contributed by atoms with E-state index in [1.165, 1.54) is 5.56 Å². The highest BCUT2D eigenvalue weighted by Gasteiger charge is 2.14. The van der Waals surface area contributed by atoms with Crippen molar-refractivity contribution < 1.29 is 4.79 Å². The highest BCUT2D eigenvalue weighted by molar-refractivity contribution is 5.87. The molecule has 1 aromatic carbocycles. The predicted octanol–water partition coefficient (Wildman–Crippen LogP) is 3.09. The van der Waals surface area contributed by atoms with Gasteiger partial charge in [-0.15, -0.1) is 0 Å². The molecule has 0 bridgehead atoms. The van der Waals surface area contributed by atoms with E-state index in [1.807, 2.05) is 20.9 Å². The number of amides is 1. The molecular weight excluding hydrogens is 198 g/mol. The first-order valence-electron chi connectivity index (χ1n) is 5.52. The summed E-state index contributed by atoms with van der Waals surface area (Å²) in [6, 6.07) is 8.38. The van der Waals surface area contributed by atoms with Gasteiger partial charge in [-0.3, -0.25) is 4.79 Å². The zero-order chi connectivity index (χ0) is 12.1. The fraction of sp³-hybridized carbons (Fsp3) is 0.357. The van der Waals surface area contributed by atoms with E-state index in [0.717, 1.165) is 5.56 Å². The Labute approximate surface area is 97.6 Å². The summed E-state index contributed by atoms with van der Waals surface area (Å²) < 4.78 is 0. The van der Waals surface area contributed by atoms with E-state index in [9.17, 15) is 4.79 Å². The van der Waals surface area contributed by atoms with Crippen molar-refractivity contribution in [2.75, 3.05) is 7.05 Å². The van der Waals surface area contributed by atoms with E-state index in [1.54, 1.807) is 17.1 Å². The minimum absolute atomic E-state index is 0.0376. The minimum atomic E-state index is 0.0376. The van der Waals surface area contributed by atoms with Crippen molar-refractivity contribution in [2.45, 2.75) is 26.8 Å². The van der Waals surface area contributed by atoms with Crippen molar-refractivity contribution in [2.24, 2.45) is 0 Å². The van der Waals surface area contributed by atoms with Crippen molar-refractivity contribution in [1.82, 2.24) is 4.90 Å². The molecule has 16 heavy (non-hydrogen) atoms. The van der Waals surface area contributed by atoms with Crippen LogP contribution in [0.3, 0.4) is 0 Å². The molecule has 0 aliphatic carbocycles. The van der Waals surface area contributed by atoms with Crippen molar-refractivity contribution in [1.29, 1.82) is 0 Å². The standard InChI is InChI=1S/C14H19NO/c1-5-6-14(16)15(4)12(3)13-9-7-11(2)8-10-13/h5-10,12H,1-4H3. The summed E-state index contributed by atoms with van der Waals surface area (Å²) in [6.07, 6.45) is 3.35. The molecule has 1 aromatic rings. The van der Waals surface area contributed by atoms with E-state index in [0.29, 0.717) is 0 Å². The fourth-order valence-electron chi connectivity index (χ4n) is 1.52. The maximum Gasteiger partial charge on any atom is 0.246 e. The lowest BCUT2D eigenvalue weighted by atomic mass is 10.1. The zero-order valence-electron chi connectivity index (χ0n) is 10.4. The number of carbonyl (C=O) groups is 1. The van der Waals surface area contributed by atoms with Crippen LogP contribution in [0.1, 0.15) is 31.0 Å². The normalized spacial score (nSPS) is 12.8. The molecule has 0 heterocycles. The number of benzene rings is 1. The van der Waals surface area contributed by atoms with Crippen molar-refractivity contribution in [3.8, 4) is 0 Å². The zero-order valence-corrected chi connectivity index (χ0v) is 10.4. The van der Waals surface area contributed by atoms with Crippen LogP contribution in [0.2, 0.25) is 0 Å². The maximum absolute atomic E-state index is 11.7. The molecule has 0 radical (unpaired) electrons. The number of likely N-dealkylation sites (N-methyl/N-ethyl adjacent to an activating group) is 1. The third-order valence-electron chi connectivity index (χ3n) is 2.80. The second-order valence-corrected chi connectivity index (χ2v) is 4.04. The summed E-state index contributed by atoms with van der Waals surface area (Å²) in [4.78, 5) is 13.4. The summed E-state index contributed by atoms with van der Waals surface area (Å²) in [6.45, 7) is 5.94. The summed E-state index contributed by atoms with van der Waals surface area (Å²) in [5, 5.41) is 0. The predicted molar refractivity (Wildman–Crippen MR) is 67.2 cm³/mol. The Morgan fingerprint density at radius 2 is 1.88 bits per heavy atom. The molecule has 0 aromatic heterocycles. The van der Waals surface area contributed by atoms with Crippen molar-refractivity contribution >= 4 is 5.91 Å². The van der Waals surface area contributed by atoms with Gasteiger partial charge in [0, 0.05) is 7.05 Å². The average Bonchev–Trinajstić information content (AvgIpc) is 2.28. The van der Waals surface area contributed by atoms with Gasteiger partial charge in [-0.05, 0) is 32.4 Å². The molecule has 1 atom stereocenters. The number of carbonyl (C=O) groups excluding carboxylic acids is 1. The van der Waals surface area contributed by atoms with E-state index < -0.39 is 0 Å². The second kappa shape index (κ2) is 5.50. The van der Waals surface area contributed by atoms with Crippen LogP contribution in [0.25, 0.3) is 0 Å². The smallest absolute Gasteiger partial charge is 0.246 e. The number of hydrogen-bond donors (Lipinski definition) is 0. The highest BCUT2D eigenvalue weighted by atomic mass is 16.2. The average molecular weight is 217 g/mol. The third-order valence-corrected chi connectivity index (χ3v) is 2.80. The molecule has 1 rings (SSSR count). The lowest BCUT2D eigenvalue weighted by Crippen LogP contribution is -2.27. The number of aryl methyl sites for hydroxylation is 1. The first-order valence-corrected chi connectivity index (χ1v) is 5.52. The lowest BCUT2D eigenvalue weighted by Gasteiger charge is -2.24. The summed E-state index contributed by atoms with van der Waals surface area (Å²) in [5.41, 5.74) is 2.39. The minimum Gasteiger partial charge on any atom is -0.335 e. The highest BCUT2D eigenvalue weighted by Crippen LogP contribution is 2.19. The quantitative estimate of drug-likeness (QED) is 0.712. The van der Waals surface area contributed by atoms with Gasteiger partial charge in [0.05, 0.1) is 6.04 Å². The van der Waals surface area contributed by atoms with E-state index in [-0.39, 0.29) is 11.9 Å². The molecule has 1 unspecified atom stereocenters. The Morgan fingerprint density at radius 3 is 2.38 bits per heavy atom. The van der Waals surface area contributed by atoms with E-state index >= 15 is 0 Å². The molecule has 86 valence electrons. The van der Waals surface area contributed by atoms with Gasteiger partial charge < -0.3 is 4.90 Å². The van der Waals surface area contributed by atoms with Crippen LogP contribution in [0.15, 0.2) is 36.4 Å². The van der Waals surface area contributed by atoms with E-state index in [4.69, 9.17) is 0 Å². The van der Waals surface area contributed by atoms with Gasteiger partial charge in [-0.1, -0.05) is 35.9 Å². The lowest BCUT2D eigenvalue weighted by molar-refractivity contribution is -0.126. The summed E-state index contributed by atoms with van der Waals surface area (Å²) in [7, 11) is 1.83. The molecule has 1 amide bonds. The van der Waals surface area contributed by atoms with E-state index in [2.05, 4.69) is 31.2 Å². The van der Waals surface area contributed by atoms with Crippen LogP contribution in [0, 0.1) is 6.92 Å². The Hall–Kier alpha value is -1.57. The van der Waals surface area contributed by atoms with Gasteiger partial charge in [-0.25, -0.2) is 0 Å². The van der Waals surface area contributed by atoms with Gasteiger partial charge in [0.1, 0.15) is 0 Å². The molecule has 0 saturated heterocycles. The van der Waals surface area contributed by atoms with Crippen LogP contribution in [-0.2, 0) is 4.79 Å². The largest absolute Gasteiger partial charge is 0.335 e. The molecule has 0 spiro atoms. The molecule has 2 heteroatoms.